The quantitative estimate of drug-likeness (QED) is 0.757. The van der Waals surface area contributed by atoms with Crippen LogP contribution in [-0.2, 0) is 26.7 Å². The van der Waals surface area contributed by atoms with Gasteiger partial charge in [-0.15, -0.1) is 11.6 Å². The number of methoxy groups -OCH3 is 1. The average molecular weight is 372 g/mol. The highest BCUT2D eigenvalue weighted by Crippen LogP contribution is 2.34. The second-order valence-electron chi connectivity index (χ2n) is 4.48. The Balaban J connectivity index is 2.49. The van der Waals surface area contributed by atoms with Gasteiger partial charge in [-0.3, -0.25) is 4.21 Å². The molecule has 1 aromatic carbocycles. The summed E-state index contributed by atoms with van der Waals surface area (Å²) >= 11 is 11.8. The van der Waals surface area contributed by atoms with E-state index in [1.165, 1.54) is 17.5 Å². The highest BCUT2D eigenvalue weighted by atomic mass is 35.5. The van der Waals surface area contributed by atoms with Gasteiger partial charge in [0.05, 0.1) is 13.0 Å². The number of rotatable bonds is 4. The number of nitrogens with zero attached hydrogens (tertiary/aromatic N) is 1. The van der Waals surface area contributed by atoms with Gasteiger partial charge < -0.3 is 4.74 Å². The maximum atomic E-state index is 12.7. The first-order valence-electron chi connectivity index (χ1n) is 6.17. The van der Waals surface area contributed by atoms with Crippen LogP contribution in [0.4, 0.5) is 0 Å². The molecular formula is C12H15Cl2NO4S2. The molecule has 0 unspecified atom stereocenters. The smallest absolute Gasteiger partial charge is 0.246 e. The van der Waals surface area contributed by atoms with E-state index < -0.39 is 20.8 Å². The molecule has 118 valence electrons. The Hall–Kier alpha value is -0.340. The average Bonchev–Trinajstić information content (AvgIpc) is 2.46. The van der Waals surface area contributed by atoms with E-state index in [1.807, 2.05) is 0 Å². The molecule has 1 aliphatic heterocycles. The van der Waals surface area contributed by atoms with E-state index in [9.17, 15) is 12.6 Å². The number of hydrogen-bond acceptors (Lipinski definition) is 4. The lowest BCUT2D eigenvalue weighted by molar-refractivity contribution is 0.391. The minimum atomic E-state index is -3.75. The van der Waals surface area contributed by atoms with Crippen molar-refractivity contribution in [3.63, 3.8) is 0 Å². The van der Waals surface area contributed by atoms with Crippen molar-refractivity contribution >= 4 is 44.0 Å². The third-order valence-electron chi connectivity index (χ3n) is 3.20. The van der Waals surface area contributed by atoms with Gasteiger partial charge in [0.2, 0.25) is 10.0 Å². The van der Waals surface area contributed by atoms with Gasteiger partial charge in [-0.1, -0.05) is 11.6 Å². The van der Waals surface area contributed by atoms with E-state index in [2.05, 4.69) is 0 Å². The summed E-state index contributed by atoms with van der Waals surface area (Å²) in [5.41, 5.74) is 0.519. The van der Waals surface area contributed by atoms with Crippen LogP contribution in [0.25, 0.3) is 0 Å². The third-order valence-corrected chi connectivity index (χ3v) is 6.89. The molecule has 0 amide bonds. The summed E-state index contributed by atoms with van der Waals surface area (Å²) in [4.78, 5) is 0.000771. The van der Waals surface area contributed by atoms with Crippen molar-refractivity contribution in [2.75, 3.05) is 31.7 Å². The van der Waals surface area contributed by atoms with E-state index in [-0.39, 0.29) is 34.6 Å². The summed E-state index contributed by atoms with van der Waals surface area (Å²) in [6.07, 6.45) is 0. The molecule has 0 aromatic heterocycles. The maximum Gasteiger partial charge on any atom is 0.246 e. The summed E-state index contributed by atoms with van der Waals surface area (Å²) in [7, 11) is -3.31. The van der Waals surface area contributed by atoms with Crippen molar-refractivity contribution in [3.05, 3.63) is 22.7 Å². The highest BCUT2D eigenvalue weighted by Gasteiger charge is 2.31. The minimum absolute atomic E-state index is 0.000771. The number of halogens is 2. The fourth-order valence-electron chi connectivity index (χ4n) is 2.15. The van der Waals surface area contributed by atoms with Crippen LogP contribution < -0.4 is 4.74 Å². The first-order valence-corrected chi connectivity index (χ1v) is 10.0. The van der Waals surface area contributed by atoms with Crippen LogP contribution in [0.2, 0.25) is 5.02 Å². The molecule has 9 heteroatoms. The van der Waals surface area contributed by atoms with Crippen molar-refractivity contribution in [2.24, 2.45) is 0 Å². The topological polar surface area (TPSA) is 63.7 Å². The van der Waals surface area contributed by atoms with Crippen LogP contribution in [0.15, 0.2) is 17.0 Å². The first-order chi connectivity index (χ1) is 9.90. The Morgan fingerprint density at radius 3 is 2.48 bits per heavy atom. The number of ether oxygens (including phenoxy) is 1. The molecule has 1 saturated heterocycles. The normalized spacial score (nSPS) is 17.9. The van der Waals surface area contributed by atoms with Crippen molar-refractivity contribution in [1.82, 2.24) is 4.31 Å². The van der Waals surface area contributed by atoms with E-state index in [0.717, 1.165) is 0 Å². The number of alkyl halides is 1. The molecule has 0 radical (unpaired) electrons. The molecule has 0 N–H and O–H groups in total. The largest absolute Gasteiger partial charge is 0.495 e. The zero-order valence-corrected chi connectivity index (χ0v) is 14.5. The van der Waals surface area contributed by atoms with Gasteiger partial charge in [0.15, 0.2) is 0 Å². The van der Waals surface area contributed by atoms with Crippen LogP contribution in [0.1, 0.15) is 5.56 Å². The Morgan fingerprint density at radius 2 is 1.95 bits per heavy atom. The first kappa shape index (κ1) is 17.0. The molecule has 1 aromatic rings. The van der Waals surface area contributed by atoms with Crippen molar-refractivity contribution in [1.29, 1.82) is 0 Å². The molecule has 1 aliphatic rings. The molecule has 1 fully saturated rings. The Bertz CT molecular complexity index is 653. The Labute approximate surface area is 136 Å². The standard InChI is InChI=1S/C12H15Cl2NO4S2/c1-19-12-9(8-13)6-10(14)7-11(12)21(17,18)15-2-4-20(16)5-3-15/h6-7H,2-5,8H2,1H3. The van der Waals surface area contributed by atoms with Crippen LogP contribution in [0.3, 0.4) is 0 Å². The maximum absolute atomic E-state index is 12.7. The second-order valence-corrected chi connectivity index (χ2v) is 8.79. The molecule has 0 spiro atoms. The van der Waals surface area contributed by atoms with Crippen molar-refractivity contribution in [3.8, 4) is 5.75 Å². The lowest BCUT2D eigenvalue weighted by atomic mass is 10.2. The highest BCUT2D eigenvalue weighted by molar-refractivity contribution is 7.89. The number of hydrogen-bond donors (Lipinski definition) is 0. The molecule has 0 saturated carbocycles. The minimum Gasteiger partial charge on any atom is -0.495 e. The van der Waals surface area contributed by atoms with Gasteiger partial charge in [-0.2, -0.15) is 4.31 Å². The molecule has 5 nitrogen and oxygen atoms in total. The lowest BCUT2D eigenvalue weighted by Gasteiger charge is -2.26. The van der Waals surface area contributed by atoms with Crippen LogP contribution in [-0.4, -0.2) is 48.6 Å². The Morgan fingerprint density at radius 1 is 1.33 bits per heavy atom. The SMILES string of the molecule is COc1c(CCl)cc(Cl)cc1S(=O)(=O)N1CCS(=O)CC1. The van der Waals surface area contributed by atoms with E-state index in [0.29, 0.717) is 17.1 Å². The fraction of sp³-hybridized carbons (Fsp3) is 0.500. The lowest BCUT2D eigenvalue weighted by Crippen LogP contribution is -2.41. The van der Waals surface area contributed by atoms with Gasteiger partial charge in [0.25, 0.3) is 0 Å². The third kappa shape index (κ3) is 3.53. The van der Waals surface area contributed by atoms with E-state index >= 15 is 0 Å². The molecule has 0 aliphatic carbocycles. The summed E-state index contributed by atoms with van der Waals surface area (Å²) in [6.45, 7) is 0.446. The van der Waals surface area contributed by atoms with Gasteiger partial charge in [0.1, 0.15) is 10.6 Å². The van der Waals surface area contributed by atoms with Crippen molar-refractivity contribution < 1.29 is 17.4 Å². The molecule has 0 bridgehead atoms. The Kier molecular flexibility index (Phi) is 5.54. The predicted molar refractivity (Wildman–Crippen MR) is 84.2 cm³/mol. The summed E-state index contributed by atoms with van der Waals surface area (Å²) in [5.74, 6) is 0.978. The van der Waals surface area contributed by atoms with Gasteiger partial charge >= 0.3 is 0 Å². The zero-order valence-electron chi connectivity index (χ0n) is 11.3. The molecule has 1 heterocycles. The van der Waals surface area contributed by atoms with Gasteiger partial charge in [-0.25, -0.2) is 8.42 Å². The molecular weight excluding hydrogens is 357 g/mol. The van der Waals surface area contributed by atoms with Crippen molar-refractivity contribution in [2.45, 2.75) is 10.8 Å². The van der Waals surface area contributed by atoms with Gasteiger partial charge in [-0.05, 0) is 12.1 Å². The van der Waals surface area contributed by atoms with Gasteiger partial charge in [0, 0.05) is 46.0 Å². The second kappa shape index (κ2) is 6.83. The van der Waals surface area contributed by atoms with E-state index in [4.69, 9.17) is 27.9 Å². The van der Waals surface area contributed by atoms with Crippen LogP contribution in [0.5, 0.6) is 5.75 Å². The summed E-state index contributed by atoms with van der Waals surface area (Å²) in [6, 6.07) is 2.94. The fourth-order valence-corrected chi connectivity index (χ4v) is 5.60. The summed E-state index contributed by atoms with van der Waals surface area (Å²) in [5, 5.41) is 0.283. The number of benzene rings is 1. The zero-order chi connectivity index (χ0) is 15.6. The number of sulfonamides is 1. The molecule has 0 atom stereocenters. The monoisotopic (exact) mass is 371 g/mol. The summed E-state index contributed by atoms with van der Waals surface area (Å²) < 4.78 is 43.4. The molecule has 21 heavy (non-hydrogen) atoms. The van der Waals surface area contributed by atoms with Crippen LogP contribution >= 0.6 is 23.2 Å². The predicted octanol–water partition coefficient (Wildman–Crippen LogP) is 1.84. The van der Waals surface area contributed by atoms with E-state index in [1.54, 1.807) is 6.07 Å². The van der Waals surface area contributed by atoms with Crippen LogP contribution in [0, 0.1) is 0 Å². The molecule has 2 rings (SSSR count).